The monoisotopic (exact) mass is 260 g/mol. The van der Waals surface area contributed by atoms with Crippen molar-refractivity contribution in [2.45, 2.75) is 19.1 Å². The Labute approximate surface area is 114 Å². The van der Waals surface area contributed by atoms with E-state index in [2.05, 4.69) is 16.7 Å². The Morgan fingerprint density at radius 3 is 3.00 bits per heavy atom. The van der Waals surface area contributed by atoms with Crippen molar-refractivity contribution in [3.63, 3.8) is 0 Å². The van der Waals surface area contributed by atoms with Crippen LogP contribution in [0.25, 0.3) is 0 Å². The van der Waals surface area contributed by atoms with Crippen LogP contribution in [0.3, 0.4) is 0 Å². The number of rotatable bonds is 3. The summed E-state index contributed by atoms with van der Waals surface area (Å²) in [5.41, 5.74) is 7.45. The minimum absolute atomic E-state index is 0.185. The molecule has 102 valence electrons. The molecule has 0 aliphatic carbocycles. The lowest BCUT2D eigenvalue weighted by Crippen LogP contribution is -2.21. The van der Waals surface area contributed by atoms with E-state index in [1.807, 2.05) is 18.2 Å². The van der Waals surface area contributed by atoms with Crippen molar-refractivity contribution in [3.8, 4) is 17.6 Å². The summed E-state index contributed by atoms with van der Waals surface area (Å²) in [7, 11) is 1.64. The molecule has 1 heterocycles. The molecule has 1 aromatic carbocycles. The Hall–Kier alpha value is -1.54. The predicted molar refractivity (Wildman–Crippen MR) is 74.8 cm³/mol. The van der Waals surface area contributed by atoms with Crippen LogP contribution >= 0.6 is 0 Å². The summed E-state index contributed by atoms with van der Waals surface area (Å²) in [6.07, 6.45) is 0.672. The van der Waals surface area contributed by atoms with Gasteiger partial charge in [-0.05, 0) is 24.1 Å². The summed E-state index contributed by atoms with van der Waals surface area (Å²) in [6.45, 7) is 2.86. The number of methoxy groups -OCH3 is 1. The molecule has 0 amide bonds. The highest BCUT2D eigenvalue weighted by Crippen LogP contribution is 2.21. The van der Waals surface area contributed by atoms with Crippen LogP contribution in [-0.4, -0.2) is 42.9 Å². The van der Waals surface area contributed by atoms with Gasteiger partial charge in [-0.1, -0.05) is 17.9 Å². The molecule has 1 aromatic rings. The molecule has 1 atom stereocenters. The number of aliphatic hydroxyl groups is 1. The lowest BCUT2D eigenvalue weighted by Gasteiger charge is -2.15. The van der Waals surface area contributed by atoms with Crippen LogP contribution in [0.2, 0.25) is 0 Å². The van der Waals surface area contributed by atoms with Crippen molar-refractivity contribution in [2.24, 2.45) is 5.73 Å². The quantitative estimate of drug-likeness (QED) is 0.780. The number of nitrogens with zero attached hydrogens (tertiary/aromatic N) is 1. The molecule has 3 N–H and O–H groups in total. The van der Waals surface area contributed by atoms with Gasteiger partial charge in [0.1, 0.15) is 5.75 Å². The van der Waals surface area contributed by atoms with Gasteiger partial charge < -0.3 is 15.6 Å². The Morgan fingerprint density at radius 1 is 1.53 bits per heavy atom. The maximum absolute atomic E-state index is 9.53. The predicted octanol–water partition coefficient (Wildman–Crippen LogP) is 0.572. The van der Waals surface area contributed by atoms with Gasteiger partial charge in [-0.3, -0.25) is 4.90 Å². The zero-order chi connectivity index (χ0) is 13.7. The molecule has 1 fully saturated rings. The summed E-state index contributed by atoms with van der Waals surface area (Å²) in [6, 6.07) is 6.01. The second-order valence-electron chi connectivity index (χ2n) is 4.72. The average Bonchev–Trinajstić information content (AvgIpc) is 2.82. The number of likely N-dealkylation sites (tertiary alicyclic amines) is 1. The van der Waals surface area contributed by atoms with Crippen molar-refractivity contribution < 1.29 is 9.84 Å². The third-order valence-corrected chi connectivity index (χ3v) is 3.24. The van der Waals surface area contributed by atoms with Gasteiger partial charge >= 0.3 is 0 Å². The van der Waals surface area contributed by atoms with E-state index in [0.717, 1.165) is 37.4 Å². The van der Waals surface area contributed by atoms with Gasteiger partial charge in [0.15, 0.2) is 0 Å². The van der Waals surface area contributed by atoms with Gasteiger partial charge in [0.25, 0.3) is 0 Å². The van der Waals surface area contributed by atoms with Crippen molar-refractivity contribution in [1.82, 2.24) is 4.90 Å². The Kier molecular flexibility index (Phi) is 4.80. The second-order valence-corrected chi connectivity index (χ2v) is 4.72. The number of hydrogen-bond acceptors (Lipinski definition) is 4. The topological polar surface area (TPSA) is 58.7 Å². The Bertz CT molecular complexity index is 491. The highest BCUT2D eigenvalue weighted by Gasteiger charge is 2.20. The minimum atomic E-state index is -0.185. The molecule has 2 rings (SSSR count). The number of ether oxygens (including phenoxy) is 1. The van der Waals surface area contributed by atoms with Gasteiger partial charge in [-0.25, -0.2) is 0 Å². The molecule has 0 saturated carbocycles. The number of hydrogen-bond donors (Lipinski definition) is 2. The van der Waals surface area contributed by atoms with E-state index < -0.39 is 0 Å². The van der Waals surface area contributed by atoms with Gasteiger partial charge in [0.05, 0.1) is 25.3 Å². The smallest absolute Gasteiger partial charge is 0.134 e. The van der Waals surface area contributed by atoms with E-state index in [4.69, 9.17) is 10.5 Å². The van der Waals surface area contributed by atoms with Crippen molar-refractivity contribution in [1.29, 1.82) is 0 Å². The van der Waals surface area contributed by atoms with Gasteiger partial charge in [0, 0.05) is 19.6 Å². The van der Waals surface area contributed by atoms with Crippen LogP contribution in [0, 0.1) is 11.8 Å². The minimum Gasteiger partial charge on any atom is -0.495 e. The van der Waals surface area contributed by atoms with Crippen LogP contribution in [0.4, 0.5) is 0 Å². The molecule has 4 heteroatoms. The van der Waals surface area contributed by atoms with Crippen LogP contribution in [0.1, 0.15) is 17.5 Å². The molecule has 4 nitrogen and oxygen atoms in total. The number of benzene rings is 1. The Morgan fingerprint density at radius 2 is 2.37 bits per heavy atom. The first kappa shape index (κ1) is 13.9. The van der Waals surface area contributed by atoms with E-state index >= 15 is 0 Å². The maximum Gasteiger partial charge on any atom is 0.134 e. The largest absolute Gasteiger partial charge is 0.495 e. The second kappa shape index (κ2) is 6.58. The van der Waals surface area contributed by atoms with E-state index in [9.17, 15) is 5.11 Å². The molecule has 0 radical (unpaired) electrons. The molecule has 19 heavy (non-hydrogen) atoms. The van der Waals surface area contributed by atoms with Crippen molar-refractivity contribution >= 4 is 0 Å². The molecule has 1 aliphatic heterocycles. The third-order valence-electron chi connectivity index (χ3n) is 3.24. The van der Waals surface area contributed by atoms with Crippen molar-refractivity contribution in [2.75, 3.05) is 26.7 Å². The molecule has 0 bridgehead atoms. The zero-order valence-electron chi connectivity index (χ0n) is 11.2. The van der Waals surface area contributed by atoms with Gasteiger partial charge in [0.2, 0.25) is 0 Å². The highest BCUT2D eigenvalue weighted by atomic mass is 16.5. The number of nitrogens with two attached hydrogens (primary N) is 1. The van der Waals surface area contributed by atoms with Crippen LogP contribution < -0.4 is 10.5 Å². The standard InChI is InChI=1S/C15H20N2O2/c1-19-15-5-4-12(9-13(15)3-2-7-16)10-17-8-6-14(18)11-17/h4-5,9,14,18H,6-8,10-11,16H2,1H3. The fraction of sp³-hybridized carbons (Fsp3) is 0.467. The van der Waals surface area contributed by atoms with Crippen LogP contribution in [0.5, 0.6) is 5.75 Å². The summed E-state index contributed by atoms with van der Waals surface area (Å²) in [5.74, 6) is 6.65. The van der Waals surface area contributed by atoms with E-state index in [-0.39, 0.29) is 6.10 Å². The Balaban J connectivity index is 2.13. The molecular weight excluding hydrogens is 240 g/mol. The summed E-state index contributed by atoms with van der Waals surface area (Å²) < 4.78 is 5.29. The lowest BCUT2D eigenvalue weighted by atomic mass is 10.1. The SMILES string of the molecule is COc1ccc(CN2CCC(O)C2)cc1C#CCN. The van der Waals surface area contributed by atoms with Crippen molar-refractivity contribution in [3.05, 3.63) is 29.3 Å². The fourth-order valence-electron chi connectivity index (χ4n) is 2.31. The van der Waals surface area contributed by atoms with Gasteiger partial charge in [-0.15, -0.1) is 0 Å². The average molecular weight is 260 g/mol. The summed E-state index contributed by atoms with van der Waals surface area (Å²) in [4.78, 5) is 2.24. The molecule has 1 unspecified atom stereocenters. The number of β-amino-alcohol motifs (C(OH)–C–C–N with tert-alkyl or cyclic N) is 1. The van der Waals surface area contributed by atoms with E-state index in [1.54, 1.807) is 7.11 Å². The van der Waals surface area contributed by atoms with E-state index in [1.165, 1.54) is 5.56 Å². The molecule has 0 aromatic heterocycles. The third kappa shape index (κ3) is 3.71. The first-order valence-corrected chi connectivity index (χ1v) is 6.49. The summed E-state index contributed by atoms with van der Waals surface area (Å²) >= 11 is 0. The van der Waals surface area contributed by atoms with Crippen LogP contribution in [-0.2, 0) is 6.54 Å². The maximum atomic E-state index is 9.53. The van der Waals surface area contributed by atoms with E-state index in [0.29, 0.717) is 6.54 Å². The number of aliphatic hydroxyl groups excluding tert-OH is 1. The first-order chi connectivity index (χ1) is 9.22. The lowest BCUT2D eigenvalue weighted by molar-refractivity contribution is 0.175. The van der Waals surface area contributed by atoms with Crippen LogP contribution in [0.15, 0.2) is 18.2 Å². The molecule has 1 aliphatic rings. The molecular formula is C15H20N2O2. The summed E-state index contributed by atoms with van der Waals surface area (Å²) in [5, 5.41) is 9.53. The first-order valence-electron chi connectivity index (χ1n) is 6.49. The fourth-order valence-corrected chi connectivity index (χ4v) is 2.31. The normalized spacial score (nSPS) is 19.0. The van der Waals surface area contributed by atoms with Gasteiger partial charge in [-0.2, -0.15) is 0 Å². The highest BCUT2D eigenvalue weighted by molar-refractivity contribution is 5.48. The molecule has 0 spiro atoms. The molecule has 1 saturated heterocycles. The zero-order valence-corrected chi connectivity index (χ0v) is 11.2.